The van der Waals surface area contributed by atoms with Gasteiger partial charge in [0.15, 0.2) is 5.82 Å². The van der Waals surface area contributed by atoms with Crippen molar-refractivity contribution in [1.29, 1.82) is 0 Å². The van der Waals surface area contributed by atoms with Gasteiger partial charge in [-0.05, 0) is 58.7 Å². The summed E-state index contributed by atoms with van der Waals surface area (Å²) >= 11 is 0. The number of nitrogens with one attached hydrogen (secondary N) is 2. The number of halogens is 1. The van der Waals surface area contributed by atoms with Gasteiger partial charge in [-0.3, -0.25) is 0 Å². The number of aromatic nitrogens is 2. The fourth-order valence-electron chi connectivity index (χ4n) is 3.84. The highest BCUT2D eigenvalue weighted by atomic mass is 19.1. The first-order valence-corrected chi connectivity index (χ1v) is 8.38. The van der Waals surface area contributed by atoms with Gasteiger partial charge >= 0.3 is 0 Å². The van der Waals surface area contributed by atoms with E-state index in [1.807, 2.05) is 6.07 Å². The van der Waals surface area contributed by atoms with Crippen LogP contribution in [0, 0.1) is 5.82 Å². The molecule has 128 valence electrons. The van der Waals surface area contributed by atoms with Crippen LogP contribution in [0.15, 0.2) is 36.5 Å². The van der Waals surface area contributed by atoms with Gasteiger partial charge in [0.05, 0.1) is 5.56 Å². The van der Waals surface area contributed by atoms with Crippen LogP contribution in [0.4, 0.5) is 10.2 Å². The van der Waals surface area contributed by atoms with E-state index in [1.165, 1.54) is 6.07 Å². The molecule has 4 nitrogen and oxygen atoms in total. The minimum Gasteiger partial charge on any atom is -0.367 e. The van der Waals surface area contributed by atoms with Crippen molar-refractivity contribution in [3.63, 3.8) is 0 Å². The van der Waals surface area contributed by atoms with Crippen molar-refractivity contribution in [2.75, 3.05) is 5.32 Å². The quantitative estimate of drug-likeness (QED) is 0.894. The number of benzene rings is 1. The van der Waals surface area contributed by atoms with Crippen LogP contribution >= 0.6 is 0 Å². The Morgan fingerprint density at radius 2 is 1.75 bits per heavy atom. The van der Waals surface area contributed by atoms with Crippen LogP contribution in [0.5, 0.6) is 0 Å². The molecule has 1 fully saturated rings. The lowest BCUT2D eigenvalue weighted by Gasteiger charge is -2.46. The fourth-order valence-corrected chi connectivity index (χ4v) is 3.84. The average Bonchev–Trinajstić information content (AvgIpc) is 2.44. The first kappa shape index (κ1) is 16.8. The summed E-state index contributed by atoms with van der Waals surface area (Å²) in [6.45, 7) is 8.86. The molecule has 2 heterocycles. The monoisotopic (exact) mass is 328 g/mol. The molecule has 2 N–H and O–H groups in total. The van der Waals surface area contributed by atoms with Crippen LogP contribution in [0.3, 0.4) is 0 Å². The highest BCUT2D eigenvalue weighted by molar-refractivity contribution is 5.57. The highest BCUT2D eigenvalue weighted by Gasteiger charge is 2.37. The zero-order chi connectivity index (χ0) is 17.4. The molecule has 1 saturated heterocycles. The van der Waals surface area contributed by atoms with Crippen LogP contribution in [0.25, 0.3) is 11.4 Å². The van der Waals surface area contributed by atoms with Gasteiger partial charge < -0.3 is 10.6 Å². The average molecular weight is 328 g/mol. The minimum atomic E-state index is -0.307. The summed E-state index contributed by atoms with van der Waals surface area (Å²) in [6, 6.07) is 8.73. The molecule has 0 saturated carbocycles. The molecule has 0 atom stereocenters. The maximum Gasteiger partial charge on any atom is 0.164 e. The van der Waals surface area contributed by atoms with Crippen LogP contribution in [-0.4, -0.2) is 27.1 Å². The van der Waals surface area contributed by atoms with E-state index in [-0.39, 0.29) is 16.9 Å². The second-order valence-corrected chi connectivity index (χ2v) is 7.89. The number of anilines is 1. The lowest BCUT2D eigenvalue weighted by Crippen LogP contribution is -2.60. The number of nitrogens with zero attached hydrogens (tertiary/aromatic N) is 2. The van der Waals surface area contributed by atoms with Crippen molar-refractivity contribution in [3.05, 3.63) is 42.3 Å². The van der Waals surface area contributed by atoms with Gasteiger partial charge in [-0.25, -0.2) is 14.4 Å². The number of rotatable bonds is 3. The fraction of sp³-hybridized carbons (Fsp3) is 0.474. The molecule has 0 amide bonds. The lowest BCUT2D eigenvalue weighted by molar-refractivity contribution is 0.170. The highest BCUT2D eigenvalue weighted by Crippen LogP contribution is 2.30. The molecule has 1 aliphatic heterocycles. The van der Waals surface area contributed by atoms with Crippen molar-refractivity contribution >= 4 is 5.82 Å². The Morgan fingerprint density at radius 3 is 2.42 bits per heavy atom. The predicted molar refractivity (Wildman–Crippen MR) is 95.4 cm³/mol. The molecular formula is C19H25FN4. The second kappa shape index (κ2) is 6.13. The van der Waals surface area contributed by atoms with Gasteiger partial charge in [0, 0.05) is 23.3 Å². The molecule has 24 heavy (non-hydrogen) atoms. The Hall–Kier alpha value is -2.01. The van der Waals surface area contributed by atoms with Gasteiger partial charge in [0.2, 0.25) is 0 Å². The number of hydrogen-bond acceptors (Lipinski definition) is 4. The number of piperidine rings is 1. The van der Waals surface area contributed by atoms with E-state index in [4.69, 9.17) is 0 Å². The minimum absolute atomic E-state index is 0.0564. The Balaban J connectivity index is 1.81. The van der Waals surface area contributed by atoms with E-state index < -0.39 is 0 Å². The van der Waals surface area contributed by atoms with E-state index >= 15 is 0 Å². The van der Waals surface area contributed by atoms with E-state index in [0.717, 1.165) is 18.7 Å². The standard InChI is InChI=1S/C19H25FN4/c1-18(2)11-13(12-19(3,4)24-18)22-16-9-10-21-17(23-16)14-7-5-6-8-15(14)20/h5-10,13,24H,11-12H2,1-4H3,(H,21,22,23). The Bertz CT molecular complexity index is 711. The molecule has 0 bridgehead atoms. The molecule has 0 spiro atoms. The summed E-state index contributed by atoms with van der Waals surface area (Å²) in [5, 5.41) is 7.18. The van der Waals surface area contributed by atoms with Crippen molar-refractivity contribution in [1.82, 2.24) is 15.3 Å². The first-order valence-electron chi connectivity index (χ1n) is 8.38. The molecule has 2 aromatic rings. The van der Waals surface area contributed by atoms with E-state index in [0.29, 0.717) is 17.4 Å². The first-order chi connectivity index (χ1) is 11.2. The van der Waals surface area contributed by atoms with Crippen LogP contribution in [0.1, 0.15) is 40.5 Å². The summed E-state index contributed by atoms with van der Waals surface area (Å²) in [4.78, 5) is 8.73. The van der Waals surface area contributed by atoms with E-state index in [2.05, 4.69) is 48.3 Å². The third-order valence-corrected chi connectivity index (χ3v) is 4.31. The Morgan fingerprint density at radius 1 is 1.08 bits per heavy atom. The molecular weight excluding hydrogens is 303 g/mol. The van der Waals surface area contributed by atoms with Crippen molar-refractivity contribution in [3.8, 4) is 11.4 Å². The molecule has 0 unspecified atom stereocenters. The van der Waals surface area contributed by atoms with Crippen LogP contribution < -0.4 is 10.6 Å². The number of hydrogen-bond donors (Lipinski definition) is 2. The third-order valence-electron chi connectivity index (χ3n) is 4.31. The SMILES string of the molecule is CC1(C)CC(Nc2ccnc(-c3ccccc3F)n2)CC(C)(C)N1. The molecule has 1 aromatic carbocycles. The summed E-state index contributed by atoms with van der Waals surface area (Å²) in [5.41, 5.74) is 0.536. The normalized spacial score (nSPS) is 19.9. The molecule has 0 radical (unpaired) electrons. The van der Waals surface area contributed by atoms with Crippen molar-refractivity contribution in [2.45, 2.75) is 57.7 Å². The molecule has 0 aliphatic carbocycles. The zero-order valence-electron chi connectivity index (χ0n) is 14.7. The Kier molecular flexibility index (Phi) is 4.30. The van der Waals surface area contributed by atoms with Crippen molar-refractivity contribution < 1.29 is 4.39 Å². The molecule has 1 aromatic heterocycles. The molecule has 3 rings (SSSR count). The van der Waals surface area contributed by atoms with E-state index in [9.17, 15) is 4.39 Å². The largest absolute Gasteiger partial charge is 0.367 e. The van der Waals surface area contributed by atoms with Gasteiger partial charge in [-0.2, -0.15) is 0 Å². The lowest BCUT2D eigenvalue weighted by atomic mass is 9.79. The van der Waals surface area contributed by atoms with Crippen molar-refractivity contribution in [2.24, 2.45) is 0 Å². The van der Waals surface area contributed by atoms with Crippen LogP contribution in [0.2, 0.25) is 0 Å². The maximum absolute atomic E-state index is 14.0. The van der Waals surface area contributed by atoms with Gasteiger partial charge in [0.25, 0.3) is 0 Å². The maximum atomic E-state index is 14.0. The van der Waals surface area contributed by atoms with Gasteiger partial charge in [-0.15, -0.1) is 0 Å². The molecule has 1 aliphatic rings. The predicted octanol–water partition coefficient (Wildman–Crippen LogP) is 4.00. The van der Waals surface area contributed by atoms with Crippen LogP contribution in [-0.2, 0) is 0 Å². The summed E-state index contributed by atoms with van der Waals surface area (Å²) in [6.07, 6.45) is 3.67. The zero-order valence-corrected chi connectivity index (χ0v) is 14.7. The molecule has 5 heteroatoms. The summed E-state index contributed by atoms with van der Waals surface area (Å²) in [5.74, 6) is 0.839. The second-order valence-electron chi connectivity index (χ2n) is 7.89. The smallest absolute Gasteiger partial charge is 0.164 e. The Labute approximate surface area is 142 Å². The van der Waals surface area contributed by atoms with Gasteiger partial charge in [-0.1, -0.05) is 12.1 Å². The van der Waals surface area contributed by atoms with E-state index in [1.54, 1.807) is 24.4 Å². The summed E-state index contributed by atoms with van der Waals surface area (Å²) < 4.78 is 14.0. The topological polar surface area (TPSA) is 49.8 Å². The van der Waals surface area contributed by atoms with Gasteiger partial charge in [0.1, 0.15) is 11.6 Å². The summed E-state index contributed by atoms with van der Waals surface area (Å²) in [7, 11) is 0. The third kappa shape index (κ3) is 3.90.